The van der Waals surface area contributed by atoms with E-state index in [9.17, 15) is 23.9 Å². The van der Waals surface area contributed by atoms with Crippen LogP contribution in [0.3, 0.4) is 0 Å². The van der Waals surface area contributed by atoms with Crippen molar-refractivity contribution in [1.82, 2.24) is 10.2 Å². The number of halogens is 1. The Kier molecular flexibility index (Phi) is 5.73. The predicted molar refractivity (Wildman–Crippen MR) is 99.8 cm³/mol. The summed E-state index contributed by atoms with van der Waals surface area (Å²) in [4.78, 5) is 38.1. The maximum atomic E-state index is 13.2. The molecule has 0 aliphatic carbocycles. The molecule has 1 heterocycles. The van der Waals surface area contributed by atoms with Crippen LogP contribution in [0.25, 0.3) is 0 Å². The van der Waals surface area contributed by atoms with Crippen molar-refractivity contribution in [3.63, 3.8) is 0 Å². The first-order chi connectivity index (χ1) is 13.4. The zero-order valence-corrected chi connectivity index (χ0v) is 15.3. The molecule has 28 heavy (non-hydrogen) atoms. The van der Waals surface area contributed by atoms with Crippen LogP contribution in [0.15, 0.2) is 54.6 Å². The van der Waals surface area contributed by atoms with Gasteiger partial charge in [-0.3, -0.25) is 14.4 Å². The average molecular weight is 384 g/mol. The number of likely N-dealkylation sites (tertiary alicyclic amines) is 1. The maximum Gasteiger partial charge on any atom is 0.312 e. The maximum absolute atomic E-state index is 13.2. The number of nitrogens with one attached hydrogen (secondary N) is 1. The lowest BCUT2D eigenvalue weighted by atomic mass is 9.92. The Morgan fingerprint density at radius 2 is 1.82 bits per heavy atom. The number of benzene rings is 2. The number of carbonyl (C=O) groups is 3. The lowest BCUT2D eigenvalue weighted by Gasteiger charge is -2.25. The number of carbonyl (C=O) groups excluding carboxylic acids is 2. The second kappa shape index (κ2) is 8.21. The SMILES string of the molecule is CN1C(=O)CC(C(=O)NCC(C(=O)O)c2ccccc2)C1c1ccc(F)cc1. The van der Waals surface area contributed by atoms with E-state index in [1.807, 2.05) is 0 Å². The Morgan fingerprint density at radius 1 is 1.18 bits per heavy atom. The fourth-order valence-corrected chi connectivity index (χ4v) is 3.59. The number of rotatable bonds is 6. The summed E-state index contributed by atoms with van der Waals surface area (Å²) in [5.74, 6) is -3.58. The highest BCUT2D eigenvalue weighted by Crippen LogP contribution is 2.37. The lowest BCUT2D eigenvalue weighted by Crippen LogP contribution is -2.38. The van der Waals surface area contributed by atoms with E-state index in [1.165, 1.54) is 17.0 Å². The van der Waals surface area contributed by atoms with Crippen LogP contribution in [0.2, 0.25) is 0 Å². The van der Waals surface area contributed by atoms with Gasteiger partial charge in [-0.1, -0.05) is 42.5 Å². The minimum absolute atomic E-state index is 0.0213. The molecule has 0 aromatic heterocycles. The second-order valence-corrected chi connectivity index (χ2v) is 6.86. The fraction of sp³-hybridized carbons (Fsp3) is 0.286. The van der Waals surface area contributed by atoms with E-state index in [4.69, 9.17) is 0 Å². The molecule has 0 saturated carbocycles. The van der Waals surface area contributed by atoms with Crippen molar-refractivity contribution < 1.29 is 23.9 Å². The van der Waals surface area contributed by atoms with Crippen LogP contribution >= 0.6 is 0 Å². The normalized spacial score (nSPS) is 20.1. The molecule has 0 bridgehead atoms. The van der Waals surface area contributed by atoms with Crippen LogP contribution in [0.4, 0.5) is 4.39 Å². The topological polar surface area (TPSA) is 86.7 Å². The number of amides is 2. The molecule has 7 heteroatoms. The Morgan fingerprint density at radius 3 is 2.43 bits per heavy atom. The molecule has 1 aliphatic heterocycles. The molecule has 1 fully saturated rings. The number of carboxylic acid groups (broad SMARTS) is 1. The van der Waals surface area contributed by atoms with Crippen molar-refractivity contribution in [3.8, 4) is 0 Å². The van der Waals surface area contributed by atoms with Crippen LogP contribution in [-0.2, 0) is 14.4 Å². The minimum Gasteiger partial charge on any atom is -0.481 e. The Hall–Kier alpha value is -3.22. The van der Waals surface area contributed by atoms with E-state index >= 15 is 0 Å². The molecule has 2 amide bonds. The molecule has 2 aromatic rings. The highest BCUT2D eigenvalue weighted by molar-refractivity contribution is 5.90. The van der Waals surface area contributed by atoms with Crippen molar-refractivity contribution in [1.29, 1.82) is 0 Å². The first-order valence-electron chi connectivity index (χ1n) is 8.95. The summed E-state index contributed by atoms with van der Waals surface area (Å²) in [6, 6.07) is 13.8. The number of carboxylic acids is 1. The van der Waals surface area contributed by atoms with Crippen molar-refractivity contribution in [2.45, 2.75) is 18.4 Å². The highest BCUT2D eigenvalue weighted by atomic mass is 19.1. The fourth-order valence-electron chi connectivity index (χ4n) is 3.59. The number of nitrogens with zero attached hydrogens (tertiary/aromatic N) is 1. The molecule has 146 valence electrons. The van der Waals surface area contributed by atoms with Crippen molar-refractivity contribution in [2.24, 2.45) is 5.92 Å². The molecule has 6 nitrogen and oxygen atoms in total. The first kappa shape index (κ1) is 19.5. The molecule has 3 unspecified atom stereocenters. The number of aliphatic carboxylic acids is 1. The second-order valence-electron chi connectivity index (χ2n) is 6.86. The molecule has 2 aromatic carbocycles. The van der Waals surface area contributed by atoms with Gasteiger partial charge in [-0.2, -0.15) is 0 Å². The van der Waals surface area contributed by atoms with Crippen LogP contribution < -0.4 is 5.32 Å². The van der Waals surface area contributed by atoms with Gasteiger partial charge in [-0.25, -0.2) is 4.39 Å². The van der Waals surface area contributed by atoms with Gasteiger partial charge in [0.15, 0.2) is 0 Å². The van der Waals surface area contributed by atoms with Gasteiger partial charge in [-0.15, -0.1) is 0 Å². The summed E-state index contributed by atoms with van der Waals surface area (Å²) >= 11 is 0. The third-order valence-corrected chi connectivity index (χ3v) is 5.12. The number of hydrogen-bond donors (Lipinski definition) is 2. The first-order valence-corrected chi connectivity index (χ1v) is 8.95. The summed E-state index contributed by atoms with van der Waals surface area (Å²) in [6.07, 6.45) is 0.0213. The summed E-state index contributed by atoms with van der Waals surface area (Å²) < 4.78 is 13.2. The van der Waals surface area contributed by atoms with Gasteiger partial charge in [0.1, 0.15) is 5.82 Å². The van der Waals surface area contributed by atoms with Gasteiger partial charge in [-0.05, 0) is 23.3 Å². The lowest BCUT2D eigenvalue weighted by molar-refractivity contribution is -0.139. The van der Waals surface area contributed by atoms with Crippen LogP contribution in [0.1, 0.15) is 29.5 Å². The van der Waals surface area contributed by atoms with E-state index in [1.54, 1.807) is 49.5 Å². The highest BCUT2D eigenvalue weighted by Gasteiger charge is 2.42. The van der Waals surface area contributed by atoms with Gasteiger partial charge in [0.2, 0.25) is 11.8 Å². The molecular weight excluding hydrogens is 363 g/mol. The Labute approximate surface area is 162 Å². The van der Waals surface area contributed by atoms with E-state index < -0.39 is 35.6 Å². The van der Waals surface area contributed by atoms with Gasteiger partial charge in [0.25, 0.3) is 0 Å². The van der Waals surface area contributed by atoms with Crippen LogP contribution in [0, 0.1) is 11.7 Å². The van der Waals surface area contributed by atoms with E-state index in [0.717, 1.165) is 0 Å². The molecule has 0 spiro atoms. The van der Waals surface area contributed by atoms with Crippen molar-refractivity contribution >= 4 is 17.8 Å². The molecule has 3 rings (SSSR count). The molecule has 3 atom stereocenters. The largest absolute Gasteiger partial charge is 0.481 e. The van der Waals surface area contributed by atoms with E-state index in [-0.39, 0.29) is 18.9 Å². The van der Waals surface area contributed by atoms with Crippen LogP contribution in [-0.4, -0.2) is 41.4 Å². The van der Waals surface area contributed by atoms with Gasteiger partial charge in [0.05, 0.1) is 17.9 Å². The van der Waals surface area contributed by atoms with Crippen molar-refractivity contribution in [3.05, 3.63) is 71.5 Å². The van der Waals surface area contributed by atoms with Gasteiger partial charge >= 0.3 is 5.97 Å². The molecule has 2 N–H and O–H groups in total. The number of hydrogen-bond acceptors (Lipinski definition) is 3. The summed E-state index contributed by atoms with van der Waals surface area (Å²) in [6.45, 7) is -0.0806. The molecular formula is C21H21FN2O4. The standard InChI is InChI=1S/C21H21FN2O4/c1-24-18(25)11-16(19(24)14-7-9-15(22)10-8-14)20(26)23-12-17(21(27)28)13-5-3-2-4-6-13/h2-10,16-17,19H,11-12H2,1H3,(H,23,26)(H,27,28). The summed E-state index contributed by atoms with van der Waals surface area (Å²) in [7, 11) is 1.60. The summed E-state index contributed by atoms with van der Waals surface area (Å²) in [5.41, 5.74) is 1.25. The molecule has 1 aliphatic rings. The summed E-state index contributed by atoms with van der Waals surface area (Å²) in [5, 5.41) is 12.2. The van der Waals surface area contributed by atoms with Gasteiger partial charge in [0, 0.05) is 20.0 Å². The van der Waals surface area contributed by atoms with Crippen LogP contribution in [0.5, 0.6) is 0 Å². The quantitative estimate of drug-likeness (QED) is 0.800. The third kappa shape index (κ3) is 4.03. The smallest absolute Gasteiger partial charge is 0.312 e. The van der Waals surface area contributed by atoms with E-state index in [2.05, 4.69) is 5.32 Å². The predicted octanol–water partition coefficient (Wildman–Crippen LogP) is 2.33. The third-order valence-electron chi connectivity index (χ3n) is 5.12. The Balaban J connectivity index is 1.75. The zero-order valence-electron chi connectivity index (χ0n) is 15.3. The monoisotopic (exact) mass is 384 g/mol. The van der Waals surface area contributed by atoms with E-state index in [0.29, 0.717) is 11.1 Å². The Bertz CT molecular complexity index is 870. The molecule has 0 radical (unpaired) electrons. The molecule has 1 saturated heterocycles. The zero-order chi connectivity index (χ0) is 20.3. The average Bonchev–Trinajstić information content (AvgIpc) is 2.98. The minimum atomic E-state index is -1.04. The van der Waals surface area contributed by atoms with Crippen molar-refractivity contribution in [2.75, 3.05) is 13.6 Å². The van der Waals surface area contributed by atoms with Gasteiger partial charge < -0.3 is 15.3 Å².